The van der Waals surface area contributed by atoms with E-state index in [1.807, 2.05) is 19.9 Å². The first-order chi connectivity index (χ1) is 9.03. The predicted molar refractivity (Wildman–Crippen MR) is 73.2 cm³/mol. The van der Waals surface area contributed by atoms with Crippen LogP contribution in [0.2, 0.25) is 0 Å². The third-order valence-electron chi connectivity index (χ3n) is 3.70. The van der Waals surface area contributed by atoms with Crippen LogP contribution in [-0.2, 0) is 11.2 Å². The zero-order valence-corrected chi connectivity index (χ0v) is 11.6. The van der Waals surface area contributed by atoms with Gasteiger partial charge in [0, 0.05) is 17.3 Å². The highest BCUT2D eigenvalue weighted by atomic mass is 16.4. The van der Waals surface area contributed by atoms with Crippen LogP contribution in [0.4, 0.5) is 5.82 Å². The van der Waals surface area contributed by atoms with Crippen LogP contribution in [0.1, 0.15) is 50.5 Å². The van der Waals surface area contributed by atoms with Gasteiger partial charge < -0.3 is 10.4 Å². The van der Waals surface area contributed by atoms with Gasteiger partial charge in [0.05, 0.1) is 6.42 Å². The topological polar surface area (TPSA) is 75.1 Å². The molecule has 0 spiro atoms. The van der Waals surface area contributed by atoms with Gasteiger partial charge >= 0.3 is 5.97 Å². The minimum absolute atomic E-state index is 0.150. The van der Waals surface area contributed by atoms with E-state index in [0.717, 1.165) is 49.4 Å². The predicted octanol–water partition coefficient (Wildman–Crippen LogP) is 2.55. The Morgan fingerprint density at radius 1 is 1.42 bits per heavy atom. The Morgan fingerprint density at radius 3 is 2.68 bits per heavy atom. The molecule has 0 aromatic carbocycles. The molecule has 1 heterocycles. The quantitative estimate of drug-likeness (QED) is 0.854. The molecular weight excluding hydrogens is 242 g/mol. The number of carbonyl (C=O) groups is 1. The molecular formula is C14H21N3O2. The fraction of sp³-hybridized carbons (Fsp3) is 0.643. The maximum absolute atomic E-state index is 11.1. The molecule has 1 aromatic rings. The Bertz CT molecular complexity index is 468. The Kier molecular flexibility index (Phi) is 4.02. The van der Waals surface area contributed by atoms with E-state index in [2.05, 4.69) is 15.3 Å². The van der Waals surface area contributed by atoms with Crippen molar-refractivity contribution >= 4 is 11.8 Å². The molecule has 0 unspecified atom stereocenters. The Balaban J connectivity index is 2.21. The van der Waals surface area contributed by atoms with Crippen LogP contribution < -0.4 is 5.32 Å². The molecule has 5 nitrogen and oxygen atoms in total. The fourth-order valence-corrected chi connectivity index (χ4v) is 2.83. The number of aryl methyl sites for hydroxylation is 2. The second kappa shape index (κ2) is 5.55. The first-order valence-electron chi connectivity index (χ1n) is 6.87. The van der Waals surface area contributed by atoms with Crippen LogP contribution in [0.15, 0.2) is 6.07 Å². The molecule has 0 saturated heterocycles. The molecule has 19 heavy (non-hydrogen) atoms. The summed E-state index contributed by atoms with van der Waals surface area (Å²) in [5.74, 6) is 0.730. The van der Waals surface area contributed by atoms with Gasteiger partial charge in [0.2, 0.25) is 0 Å². The summed E-state index contributed by atoms with van der Waals surface area (Å²) in [4.78, 5) is 19.8. The average molecular weight is 263 g/mol. The van der Waals surface area contributed by atoms with Crippen molar-refractivity contribution < 1.29 is 9.90 Å². The smallest absolute Gasteiger partial charge is 0.305 e. The lowest BCUT2D eigenvalue weighted by Crippen LogP contribution is -2.38. The summed E-state index contributed by atoms with van der Waals surface area (Å²) < 4.78 is 0. The van der Waals surface area contributed by atoms with Gasteiger partial charge in [0.15, 0.2) is 0 Å². The van der Waals surface area contributed by atoms with Gasteiger partial charge in [0.25, 0.3) is 0 Å². The van der Waals surface area contributed by atoms with Crippen molar-refractivity contribution in [3.8, 4) is 0 Å². The highest BCUT2D eigenvalue weighted by Crippen LogP contribution is 2.35. The van der Waals surface area contributed by atoms with Crippen molar-refractivity contribution in [1.29, 1.82) is 0 Å². The highest BCUT2D eigenvalue weighted by Gasteiger charge is 2.36. The summed E-state index contributed by atoms with van der Waals surface area (Å²) in [6.07, 6.45) is 4.94. The summed E-state index contributed by atoms with van der Waals surface area (Å²) in [5.41, 5.74) is 0.649. The van der Waals surface area contributed by atoms with E-state index in [9.17, 15) is 4.79 Å². The first-order valence-corrected chi connectivity index (χ1v) is 6.87. The zero-order valence-electron chi connectivity index (χ0n) is 11.6. The Hall–Kier alpha value is -1.65. The molecule has 1 aliphatic carbocycles. The lowest BCUT2D eigenvalue weighted by atomic mass is 9.93. The number of hydrogen-bond donors (Lipinski definition) is 2. The summed E-state index contributed by atoms with van der Waals surface area (Å²) >= 11 is 0. The second-order valence-corrected chi connectivity index (χ2v) is 5.33. The van der Waals surface area contributed by atoms with Crippen molar-refractivity contribution in [2.45, 2.75) is 57.9 Å². The molecule has 0 bridgehead atoms. The third-order valence-corrected chi connectivity index (χ3v) is 3.70. The van der Waals surface area contributed by atoms with Crippen molar-refractivity contribution in [1.82, 2.24) is 9.97 Å². The number of rotatable bonds is 5. The van der Waals surface area contributed by atoms with Gasteiger partial charge in [0.1, 0.15) is 11.6 Å². The van der Waals surface area contributed by atoms with Crippen LogP contribution in [0, 0.1) is 6.92 Å². The maximum atomic E-state index is 11.1. The molecule has 104 valence electrons. The molecule has 0 radical (unpaired) electrons. The number of anilines is 1. The van der Waals surface area contributed by atoms with Crippen LogP contribution >= 0.6 is 0 Å². The minimum Gasteiger partial charge on any atom is -0.481 e. The average Bonchev–Trinajstić information content (AvgIpc) is 2.75. The van der Waals surface area contributed by atoms with Crippen molar-refractivity contribution in [2.75, 3.05) is 5.32 Å². The summed E-state index contributed by atoms with van der Waals surface area (Å²) in [5, 5.41) is 12.5. The highest BCUT2D eigenvalue weighted by molar-refractivity contribution is 5.69. The van der Waals surface area contributed by atoms with Gasteiger partial charge in [-0.15, -0.1) is 0 Å². The summed E-state index contributed by atoms with van der Waals surface area (Å²) in [7, 11) is 0. The number of nitrogens with zero attached hydrogens (tertiary/aromatic N) is 2. The monoisotopic (exact) mass is 263 g/mol. The Morgan fingerprint density at radius 2 is 2.11 bits per heavy atom. The minimum atomic E-state index is -0.754. The van der Waals surface area contributed by atoms with E-state index in [1.54, 1.807) is 0 Å². The van der Waals surface area contributed by atoms with E-state index in [-0.39, 0.29) is 12.0 Å². The zero-order chi connectivity index (χ0) is 13.9. The molecule has 5 heteroatoms. The molecule has 1 aliphatic rings. The van der Waals surface area contributed by atoms with E-state index < -0.39 is 5.97 Å². The van der Waals surface area contributed by atoms with Crippen molar-refractivity contribution in [2.24, 2.45) is 0 Å². The van der Waals surface area contributed by atoms with Gasteiger partial charge in [-0.1, -0.05) is 19.8 Å². The van der Waals surface area contributed by atoms with Crippen LogP contribution in [0.3, 0.4) is 0 Å². The molecule has 1 saturated carbocycles. The molecule has 1 aromatic heterocycles. The molecule has 0 aliphatic heterocycles. The van der Waals surface area contributed by atoms with Crippen molar-refractivity contribution in [3.63, 3.8) is 0 Å². The lowest BCUT2D eigenvalue weighted by Gasteiger charge is -2.29. The number of carboxylic acid groups (broad SMARTS) is 1. The summed E-state index contributed by atoms with van der Waals surface area (Å²) in [6.45, 7) is 3.91. The van der Waals surface area contributed by atoms with Crippen molar-refractivity contribution in [3.05, 3.63) is 17.6 Å². The number of aliphatic carboxylic acids is 1. The van der Waals surface area contributed by atoms with E-state index in [4.69, 9.17) is 5.11 Å². The Labute approximate surface area is 113 Å². The van der Waals surface area contributed by atoms with E-state index in [0.29, 0.717) is 0 Å². The largest absolute Gasteiger partial charge is 0.481 e. The maximum Gasteiger partial charge on any atom is 0.305 e. The van der Waals surface area contributed by atoms with Gasteiger partial charge in [-0.05, 0) is 26.2 Å². The molecule has 0 atom stereocenters. The molecule has 2 N–H and O–H groups in total. The van der Waals surface area contributed by atoms with Gasteiger partial charge in [-0.3, -0.25) is 4.79 Å². The molecule has 2 rings (SSSR count). The van der Waals surface area contributed by atoms with Crippen LogP contribution in [0.25, 0.3) is 0 Å². The van der Waals surface area contributed by atoms with Gasteiger partial charge in [-0.2, -0.15) is 0 Å². The lowest BCUT2D eigenvalue weighted by molar-refractivity contribution is -0.138. The third kappa shape index (κ3) is 3.43. The van der Waals surface area contributed by atoms with E-state index >= 15 is 0 Å². The number of nitrogens with one attached hydrogen (secondary N) is 1. The SMILES string of the molecule is CCc1cc(NC2(CC(=O)O)CCCC2)nc(C)n1. The normalized spacial score (nSPS) is 17.4. The van der Waals surface area contributed by atoms with Crippen LogP contribution in [-0.4, -0.2) is 26.6 Å². The number of hydrogen-bond acceptors (Lipinski definition) is 4. The number of carboxylic acids is 1. The summed E-state index contributed by atoms with van der Waals surface area (Å²) in [6, 6.07) is 1.93. The fourth-order valence-electron chi connectivity index (χ4n) is 2.83. The molecule has 0 amide bonds. The standard InChI is InChI=1S/C14H21N3O2/c1-3-11-8-12(16-10(2)15-11)17-14(9-13(18)19)6-4-5-7-14/h8H,3-7,9H2,1-2H3,(H,18,19)(H,15,16,17). The first kappa shape index (κ1) is 13.8. The number of aromatic nitrogens is 2. The van der Waals surface area contributed by atoms with Gasteiger partial charge in [-0.25, -0.2) is 9.97 Å². The second-order valence-electron chi connectivity index (χ2n) is 5.33. The molecule has 1 fully saturated rings. The van der Waals surface area contributed by atoms with E-state index in [1.165, 1.54) is 0 Å². The van der Waals surface area contributed by atoms with Crippen LogP contribution in [0.5, 0.6) is 0 Å².